The second-order valence-corrected chi connectivity index (χ2v) is 11.3. The second kappa shape index (κ2) is 14.5. The largest absolute Gasteiger partial charge is 0.378 e. The zero-order valence-corrected chi connectivity index (χ0v) is 25.5. The average Bonchev–Trinajstić information content (AvgIpc) is 3.36. The number of carbonyl (C=O) groups is 3. The van der Waals surface area contributed by atoms with E-state index in [1.165, 1.54) is 0 Å². The van der Waals surface area contributed by atoms with Crippen molar-refractivity contribution in [1.29, 1.82) is 0 Å². The lowest BCUT2D eigenvalue weighted by atomic mass is 10.2. The van der Waals surface area contributed by atoms with Gasteiger partial charge in [-0.3, -0.25) is 9.80 Å². The predicted molar refractivity (Wildman–Crippen MR) is 147 cm³/mol. The molecule has 3 aliphatic heterocycles. The Morgan fingerprint density at radius 1 is 0.698 bits per heavy atom. The standard InChI is InChI=1S/C26H48N6O11/c1-6-8-14-42-16(3)10-12-27-18(33)20(35)29(23(27)38)31-22(37)26(5,41)32(25(31)40)30-21(36)19(34)28(24(30)39)13-11-17(4)43-15-9-7-2/h16-22,33-37,41H,6-15H2,1-5H3. The smallest absolute Gasteiger partial charge is 0.363 e. The van der Waals surface area contributed by atoms with Crippen molar-refractivity contribution in [3.05, 3.63) is 0 Å². The predicted octanol–water partition coefficient (Wildman–Crippen LogP) is -0.480. The Labute approximate surface area is 251 Å². The molecule has 17 heteroatoms. The highest BCUT2D eigenvalue weighted by atomic mass is 16.5. The summed E-state index contributed by atoms with van der Waals surface area (Å²) in [4.78, 5) is 42.0. The fraction of sp³-hybridized carbons (Fsp3) is 0.885. The monoisotopic (exact) mass is 620 g/mol. The highest BCUT2D eigenvalue weighted by molar-refractivity contribution is 5.87. The number of hydrogen-bond donors (Lipinski definition) is 6. The SMILES string of the molecule is CCCCOC(C)CCN1C(=O)N(N2C(=O)N(N3C(=O)N(CCC(C)OCCCC)C(O)C3O)C(C)(O)C2O)C(O)C1O. The highest BCUT2D eigenvalue weighted by Gasteiger charge is 2.65. The van der Waals surface area contributed by atoms with Crippen molar-refractivity contribution in [1.82, 2.24) is 29.8 Å². The molecule has 0 spiro atoms. The molecular formula is C26H48N6O11. The first-order valence-corrected chi connectivity index (χ1v) is 14.9. The third-order valence-electron chi connectivity index (χ3n) is 7.88. The van der Waals surface area contributed by atoms with Gasteiger partial charge >= 0.3 is 18.1 Å². The molecule has 3 aliphatic rings. The molecule has 0 radical (unpaired) electrons. The zero-order valence-electron chi connectivity index (χ0n) is 25.5. The van der Waals surface area contributed by atoms with Crippen molar-refractivity contribution in [3.8, 4) is 0 Å². The molecule has 6 N–H and O–H groups in total. The minimum Gasteiger partial charge on any atom is -0.378 e. The Kier molecular flexibility index (Phi) is 11.8. The maximum Gasteiger partial charge on any atom is 0.363 e. The summed E-state index contributed by atoms with van der Waals surface area (Å²) in [5, 5.41) is 66.3. The van der Waals surface area contributed by atoms with E-state index >= 15 is 0 Å². The third-order valence-corrected chi connectivity index (χ3v) is 7.88. The number of aliphatic hydroxyl groups is 6. The van der Waals surface area contributed by atoms with E-state index in [9.17, 15) is 45.0 Å². The first kappa shape index (κ1) is 35.0. The molecule has 8 unspecified atom stereocenters. The summed E-state index contributed by atoms with van der Waals surface area (Å²) in [5.41, 5.74) is -2.64. The molecule has 3 saturated heterocycles. The Balaban J connectivity index is 1.75. The number of urea groups is 3. The average molecular weight is 621 g/mol. The number of carbonyl (C=O) groups excluding carboxylic acids is 3. The van der Waals surface area contributed by atoms with Gasteiger partial charge in [-0.1, -0.05) is 26.7 Å². The molecule has 0 aromatic rings. The summed E-state index contributed by atoms with van der Waals surface area (Å²) in [6, 6.07) is -3.50. The van der Waals surface area contributed by atoms with E-state index < -0.39 is 55.0 Å². The van der Waals surface area contributed by atoms with Crippen LogP contribution in [0.2, 0.25) is 0 Å². The summed E-state index contributed by atoms with van der Waals surface area (Å²) in [7, 11) is 0. The number of ether oxygens (including phenoxy) is 2. The van der Waals surface area contributed by atoms with E-state index in [2.05, 4.69) is 0 Å². The lowest BCUT2D eigenvalue weighted by molar-refractivity contribution is -0.233. The molecule has 3 heterocycles. The summed E-state index contributed by atoms with van der Waals surface area (Å²) in [6.45, 7) is 9.45. The van der Waals surface area contributed by atoms with Crippen molar-refractivity contribution in [3.63, 3.8) is 0 Å². The van der Waals surface area contributed by atoms with Crippen LogP contribution in [0, 0.1) is 0 Å². The van der Waals surface area contributed by atoms with Crippen LogP contribution in [0.1, 0.15) is 73.1 Å². The molecule has 3 fully saturated rings. The van der Waals surface area contributed by atoms with Crippen molar-refractivity contribution >= 4 is 18.1 Å². The van der Waals surface area contributed by atoms with Crippen LogP contribution in [0.25, 0.3) is 0 Å². The molecule has 0 aliphatic carbocycles. The van der Waals surface area contributed by atoms with Crippen LogP contribution in [0.15, 0.2) is 0 Å². The Bertz CT molecular complexity index is 976. The minimum absolute atomic E-state index is 0.0653. The molecule has 248 valence electrons. The summed E-state index contributed by atoms with van der Waals surface area (Å²) in [5.74, 6) is 0. The zero-order chi connectivity index (χ0) is 32.2. The van der Waals surface area contributed by atoms with Crippen LogP contribution in [0.3, 0.4) is 0 Å². The number of hydrogen-bond acceptors (Lipinski definition) is 11. The number of amides is 6. The fourth-order valence-corrected chi connectivity index (χ4v) is 5.09. The topological polar surface area (TPSA) is 210 Å². The molecule has 0 aromatic carbocycles. The van der Waals surface area contributed by atoms with Crippen molar-refractivity contribution in [2.24, 2.45) is 0 Å². The van der Waals surface area contributed by atoms with Gasteiger partial charge in [-0.15, -0.1) is 0 Å². The molecule has 3 rings (SSSR count). The summed E-state index contributed by atoms with van der Waals surface area (Å²) < 4.78 is 11.3. The van der Waals surface area contributed by atoms with Gasteiger partial charge in [0.1, 0.15) is 0 Å². The number of hydrazine groups is 2. The van der Waals surface area contributed by atoms with Crippen LogP contribution in [-0.2, 0) is 9.47 Å². The van der Waals surface area contributed by atoms with Crippen molar-refractivity contribution in [2.45, 2.75) is 122 Å². The van der Waals surface area contributed by atoms with Gasteiger partial charge in [0.05, 0.1) is 12.2 Å². The minimum atomic E-state index is -2.64. The molecule has 43 heavy (non-hydrogen) atoms. The van der Waals surface area contributed by atoms with Crippen LogP contribution in [0.4, 0.5) is 14.4 Å². The van der Waals surface area contributed by atoms with E-state index in [1.54, 1.807) is 13.8 Å². The number of aliphatic hydroxyl groups excluding tert-OH is 5. The molecular weight excluding hydrogens is 572 g/mol. The molecule has 17 nitrogen and oxygen atoms in total. The quantitative estimate of drug-likeness (QED) is 0.121. The molecule has 6 amide bonds. The molecule has 0 aromatic heterocycles. The number of unbranched alkanes of at least 4 members (excludes halogenated alkanes) is 2. The molecule has 8 atom stereocenters. The van der Waals surface area contributed by atoms with Crippen molar-refractivity contribution in [2.75, 3.05) is 26.3 Å². The first-order valence-electron chi connectivity index (χ1n) is 14.9. The lowest BCUT2D eigenvalue weighted by Crippen LogP contribution is -2.60. The maximum absolute atomic E-state index is 13.6. The number of nitrogens with zero attached hydrogens (tertiary/aromatic N) is 6. The van der Waals surface area contributed by atoms with Gasteiger partial charge in [-0.25, -0.2) is 14.4 Å². The van der Waals surface area contributed by atoms with Crippen molar-refractivity contribution < 1.29 is 54.5 Å². The number of rotatable bonds is 16. The highest BCUT2D eigenvalue weighted by Crippen LogP contribution is 2.38. The van der Waals surface area contributed by atoms with E-state index in [-0.39, 0.29) is 38.1 Å². The van der Waals surface area contributed by atoms with Gasteiger partial charge in [-0.2, -0.15) is 20.0 Å². The van der Waals surface area contributed by atoms with E-state index in [4.69, 9.17) is 9.47 Å². The Hall–Kier alpha value is -2.51. The van der Waals surface area contributed by atoms with Gasteiger partial charge in [0.2, 0.25) is 12.0 Å². The Morgan fingerprint density at radius 2 is 1.12 bits per heavy atom. The van der Waals surface area contributed by atoms with Gasteiger partial charge in [0.15, 0.2) is 24.9 Å². The first-order chi connectivity index (χ1) is 20.2. The summed E-state index contributed by atoms with van der Waals surface area (Å²) >= 11 is 0. The fourth-order valence-electron chi connectivity index (χ4n) is 5.09. The van der Waals surface area contributed by atoms with Gasteiger partial charge in [0.25, 0.3) is 0 Å². The van der Waals surface area contributed by atoms with Crippen LogP contribution >= 0.6 is 0 Å². The van der Waals surface area contributed by atoms with Crippen LogP contribution < -0.4 is 0 Å². The van der Waals surface area contributed by atoms with Crippen LogP contribution in [-0.4, -0.2) is 154 Å². The van der Waals surface area contributed by atoms with Gasteiger partial charge in [-0.05, 0) is 46.5 Å². The third kappa shape index (κ3) is 6.93. The van der Waals surface area contributed by atoms with E-state index in [1.807, 2.05) is 13.8 Å². The van der Waals surface area contributed by atoms with Crippen LogP contribution in [0.5, 0.6) is 0 Å². The normalized spacial score (nSPS) is 31.3. The maximum atomic E-state index is 13.6. The van der Waals surface area contributed by atoms with Gasteiger partial charge in [0, 0.05) is 26.3 Å². The Morgan fingerprint density at radius 3 is 1.56 bits per heavy atom. The van der Waals surface area contributed by atoms with E-state index in [0.717, 1.165) is 42.4 Å². The second-order valence-electron chi connectivity index (χ2n) is 11.3. The van der Waals surface area contributed by atoms with Gasteiger partial charge < -0.3 is 40.1 Å². The summed E-state index contributed by atoms with van der Waals surface area (Å²) in [6.07, 6.45) is -6.33. The molecule has 0 bridgehead atoms. The molecule has 0 saturated carbocycles. The van der Waals surface area contributed by atoms with E-state index in [0.29, 0.717) is 33.2 Å². The lowest BCUT2D eigenvalue weighted by Gasteiger charge is -2.36.